The Balaban J connectivity index is 1.70. The van der Waals surface area contributed by atoms with Crippen molar-refractivity contribution in [1.29, 1.82) is 0 Å². The van der Waals surface area contributed by atoms with Gasteiger partial charge < -0.3 is 15.0 Å². The van der Waals surface area contributed by atoms with Gasteiger partial charge in [0.25, 0.3) is 5.91 Å². The Kier molecular flexibility index (Phi) is 7.54. The standard InChI is InChI=1S/C25H31N5O4S/c1-4-29(5-2)35(32,33)21-11-12-24(28-13-15-34-16-14-28)23(17-21)27-25(31)22-18-26-30(19(22)3)20-9-7-6-8-10-20/h6-12,17-18H,4-5,13-16H2,1-3H3,(H,27,31). The maximum Gasteiger partial charge on any atom is 0.259 e. The number of carbonyl (C=O) groups is 1. The lowest BCUT2D eigenvalue weighted by Gasteiger charge is -2.31. The van der Waals surface area contributed by atoms with Gasteiger partial charge in [-0.2, -0.15) is 9.40 Å². The molecule has 0 unspecified atom stereocenters. The van der Waals surface area contributed by atoms with E-state index in [1.54, 1.807) is 36.7 Å². The van der Waals surface area contributed by atoms with Gasteiger partial charge in [0.2, 0.25) is 10.0 Å². The molecule has 2 aromatic carbocycles. The second-order valence-corrected chi connectivity index (χ2v) is 10.2. The number of sulfonamides is 1. The van der Waals surface area contributed by atoms with Crippen LogP contribution < -0.4 is 10.2 Å². The van der Waals surface area contributed by atoms with E-state index in [4.69, 9.17) is 4.74 Å². The van der Waals surface area contributed by atoms with E-state index in [0.717, 1.165) is 11.4 Å². The molecular weight excluding hydrogens is 466 g/mol. The number of carbonyl (C=O) groups excluding carboxylic acids is 1. The van der Waals surface area contributed by atoms with Gasteiger partial charge in [-0.15, -0.1) is 0 Å². The van der Waals surface area contributed by atoms with Crippen molar-refractivity contribution in [2.75, 3.05) is 49.6 Å². The molecule has 1 aliphatic heterocycles. The maximum absolute atomic E-state index is 13.4. The van der Waals surface area contributed by atoms with Gasteiger partial charge in [-0.25, -0.2) is 13.1 Å². The molecule has 1 saturated heterocycles. The lowest BCUT2D eigenvalue weighted by molar-refractivity contribution is 0.102. The Morgan fingerprint density at radius 1 is 1.09 bits per heavy atom. The van der Waals surface area contributed by atoms with Crippen LogP contribution in [-0.4, -0.2) is 67.8 Å². The van der Waals surface area contributed by atoms with E-state index in [2.05, 4.69) is 15.3 Å². The van der Waals surface area contributed by atoms with Crippen molar-refractivity contribution in [1.82, 2.24) is 14.1 Å². The number of nitrogens with zero attached hydrogens (tertiary/aromatic N) is 4. The molecule has 35 heavy (non-hydrogen) atoms. The molecule has 0 aliphatic carbocycles. The number of hydrogen-bond donors (Lipinski definition) is 1. The molecule has 1 aliphatic rings. The van der Waals surface area contributed by atoms with Crippen LogP contribution in [0.4, 0.5) is 11.4 Å². The molecule has 10 heteroatoms. The predicted octanol–water partition coefficient (Wildman–Crippen LogP) is 3.30. The van der Waals surface area contributed by atoms with Crippen LogP contribution in [-0.2, 0) is 14.8 Å². The van der Waals surface area contributed by atoms with Crippen molar-refractivity contribution in [3.05, 3.63) is 66.0 Å². The van der Waals surface area contributed by atoms with E-state index in [1.165, 1.54) is 10.5 Å². The minimum absolute atomic E-state index is 0.144. The first-order chi connectivity index (χ1) is 16.9. The van der Waals surface area contributed by atoms with Crippen molar-refractivity contribution < 1.29 is 17.9 Å². The lowest BCUT2D eigenvalue weighted by atomic mass is 10.2. The van der Waals surface area contributed by atoms with E-state index < -0.39 is 10.0 Å². The van der Waals surface area contributed by atoms with Crippen molar-refractivity contribution in [3.8, 4) is 5.69 Å². The monoisotopic (exact) mass is 497 g/mol. The average molecular weight is 498 g/mol. The first-order valence-electron chi connectivity index (χ1n) is 11.7. The normalized spacial score (nSPS) is 14.3. The van der Waals surface area contributed by atoms with Crippen LogP contribution in [0.3, 0.4) is 0 Å². The largest absolute Gasteiger partial charge is 0.378 e. The van der Waals surface area contributed by atoms with Crippen molar-refractivity contribution in [2.45, 2.75) is 25.7 Å². The molecule has 186 valence electrons. The number of anilines is 2. The highest BCUT2D eigenvalue weighted by Crippen LogP contribution is 2.31. The molecule has 4 rings (SSSR count). The van der Waals surface area contributed by atoms with Crippen molar-refractivity contribution >= 4 is 27.3 Å². The minimum atomic E-state index is -3.69. The molecule has 0 radical (unpaired) electrons. The van der Waals surface area contributed by atoms with Gasteiger partial charge in [-0.1, -0.05) is 32.0 Å². The molecule has 0 spiro atoms. The molecule has 1 aromatic heterocycles. The highest BCUT2D eigenvalue weighted by atomic mass is 32.2. The second kappa shape index (κ2) is 10.6. The predicted molar refractivity (Wildman–Crippen MR) is 136 cm³/mol. The van der Waals surface area contributed by atoms with E-state index in [1.807, 2.05) is 37.3 Å². The third-order valence-electron chi connectivity index (χ3n) is 6.17. The molecule has 1 N–H and O–H groups in total. The molecule has 2 heterocycles. The smallest absolute Gasteiger partial charge is 0.259 e. The summed E-state index contributed by atoms with van der Waals surface area (Å²) < 4.78 is 34.9. The fourth-order valence-electron chi connectivity index (χ4n) is 4.22. The average Bonchev–Trinajstić information content (AvgIpc) is 3.27. The number of amides is 1. The number of para-hydroxylation sites is 1. The highest BCUT2D eigenvalue weighted by Gasteiger charge is 2.25. The summed E-state index contributed by atoms with van der Waals surface area (Å²) in [5.74, 6) is -0.350. The number of aromatic nitrogens is 2. The van der Waals surface area contributed by atoms with Gasteiger partial charge in [0.1, 0.15) is 0 Å². The number of rotatable bonds is 8. The van der Waals surface area contributed by atoms with Crippen LogP contribution in [0.1, 0.15) is 29.9 Å². The van der Waals surface area contributed by atoms with E-state index in [-0.39, 0.29) is 10.8 Å². The topological polar surface area (TPSA) is 96.8 Å². The van der Waals surface area contributed by atoms with Crippen LogP contribution in [0.2, 0.25) is 0 Å². The minimum Gasteiger partial charge on any atom is -0.378 e. The van der Waals surface area contributed by atoms with Crippen LogP contribution in [0.15, 0.2) is 59.6 Å². The van der Waals surface area contributed by atoms with E-state index in [9.17, 15) is 13.2 Å². The third kappa shape index (κ3) is 5.09. The molecule has 1 amide bonds. The van der Waals surface area contributed by atoms with Gasteiger partial charge in [0.15, 0.2) is 0 Å². The van der Waals surface area contributed by atoms with Gasteiger partial charge in [-0.3, -0.25) is 4.79 Å². The summed E-state index contributed by atoms with van der Waals surface area (Å²) in [6, 6.07) is 14.5. The molecule has 0 bridgehead atoms. The summed E-state index contributed by atoms with van der Waals surface area (Å²) in [5, 5.41) is 7.35. The summed E-state index contributed by atoms with van der Waals surface area (Å²) in [5.41, 5.74) is 3.16. The van der Waals surface area contributed by atoms with Gasteiger partial charge in [0.05, 0.1) is 52.6 Å². The maximum atomic E-state index is 13.4. The first-order valence-corrected chi connectivity index (χ1v) is 13.2. The van der Waals surface area contributed by atoms with Gasteiger partial charge in [-0.05, 0) is 37.3 Å². The van der Waals surface area contributed by atoms with Crippen LogP contribution in [0.5, 0.6) is 0 Å². The second-order valence-electron chi connectivity index (χ2n) is 8.21. The zero-order valence-electron chi connectivity index (χ0n) is 20.3. The molecule has 1 fully saturated rings. The Labute approximate surface area is 206 Å². The zero-order valence-corrected chi connectivity index (χ0v) is 21.1. The third-order valence-corrected chi connectivity index (χ3v) is 8.21. The van der Waals surface area contributed by atoms with Crippen molar-refractivity contribution in [3.63, 3.8) is 0 Å². The van der Waals surface area contributed by atoms with Gasteiger partial charge in [0, 0.05) is 26.2 Å². The summed E-state index contributed by atoms with van der Waals surface area (Å²) >= 11 is 0. The fraction of sp³-hybridized carbons (Fsp3) is 0.360. The molecular formula is C25H31N5O4S. The zero-order chi connectivity index (χ0) is 25.0. The number of morpholine rings is 1. The molecule has 9 nitrogen and oxygen atoms in total. The SMILES string of the molecule is CCN(CC)S(=O)(=O)c1ccc(N2CCOCC2)c(NC(=O)c2cnn(-c3ccccc3)c2C)c1. The van der Waals surface area contributed by atoms with Crippen molar-refractivity contribution in [2.24, 2.45) is 0 Å². The Morgan fingerprint density at radius 2 is 1.77 bits per heavy atom. The first kappa shape index (κ1) is 24.9. The lowest BCUT2D eigenvalue weighted by Crippen LogP contribution is -2.37. The number of nitrogens with one attached hydrogen (secondary N) is 1. The van der Waals surface area contributed by atoms with Crippen LogP contribution in [0, 0.1) is 6.92 Å². The Bertz CT molecular complexity index is 1280. The quantitative estimate of drug-likeness (QED) is 0.513. The summed E-state index contributed by atoms with van der Waals surface area (Å²) in [6.07, 6.45) is 1.53. The van der Waals surface area contributed by atoms with E-state index >= 15 is 0 Å². The van der Waals surface area contributed by atoms with E-state index in [0.29, 0.717) is 56.3 Å². The molecule has 3 aromatic rings. The number of benzene rings is 2. The number of ether oxygens (including phenoxy) is 1. The van der Waals surface area contributed by atoms with Crippen LogP contribution >= 0.6 is 0 Å². The molecule has 0 atom stereocenters. The summed E-state index contributed by atoms with van der Waals surface area (Å²) in [6.45, 7) is 8.60. The highest BCUT2D eigenvalue weighted by molar-refractivity contribution is 7.89. The van der Waals surface area contributed by atoms with Crippen LogP contribution in [0.25, 0.3) is 5.69 Å². The summed E-state index contributed by atoms with van der Waals surface area (Å²) in [4.78, 5) is 15.6. The Hall–Kier alpha value is -3.21. The van der Waals surface area contributed by atoms with Gasteiger partial charge >= 0.3 is 0 Å². The summed E-state index contributed by atoms with van der Waals surface area (Å²) in [7, 11) is -3.69. The fourth-order valence-corrected chi connectivity index (χ4v) is 5.70. The molecule has 0 saturated carbocycles. The Morgan fingerprint density at radius 3 is 2.43 bits per heavy atom. The number of hydrogen-bond acceptors (Lipinski definition) is 6.